The third-order valence-corrected chi connectivity index (χ3v) is 4.14. The molecule has 0 aliphatic rings. The van der Waals surface area contributed by atoms with Crippen LogP contribution in [0.1, 0.15) is 24.1 Å². The first-order valence-electron chi connectivity index (χ1n) is 7.20. The number of phenolic OH excluding ortho intramolecular Hbond substituents is 1. The highest BCUT2D eigenvalue weighted by Crippen LogP contribution is 2.22. The molecule has 2 rings (SSSR count). The topological polar surface area (TPSA) is 56.7 Å². The van der Waals surface area contributed by atoms with Gasteiger partial charge in [-0.3, -0.25) is 4.99 Å². The van der Waals surface area contributed by atoms with Crippen LogP contribution in [0.2, 0.25) is 0 Å². The van der Waals surface area contributed by atoms with Gasteiger partial charge in [0.1, 0.15) is 0 Å². The highest BCUT2D eigenvalue weighted by Gasteiger charge is 2.10. The second-order valence-corrected chi connectivity index (χ2v) is 5.95. The van der Waals surface area contributed by atoms with E-state index in [0.29, 0.717) is 12.5 Å². The van der Waals surface area contributed by atoms with Gasteiger partial charge >= 0.3 is 0 Å². The van der Waals surface area contributed by atoms with Crippen LogP contribution in [0.5, 0.6) is 5.75 Å². The molecular weight excluding hydrogens is 488 g/mol. The minimum atomic E-state index is -0.631. The van der Waals surface area contributed by atoms with Crippen molar-refractivity contribution in [2.24, 2.45) is 4.99 Å². The van der Waals surface area contributed by atoms with Crippen LogP contribution in [0.3, 0.4) is 0 Å². The first kappa shape index (κ1) is 20.7. The third-order valence-electron chi connectivity index (χ3n) is 3.42. The molecule has 1 unspecified atom stereocenters. The Kier molecular flexibility index (Phi) is 8.47. The molecule has 3 N–H and O–H groups in total. The largest absolute Gasteiger partial charge is 0.505 e. The van der Waals surface area contributed by atoms with Crippen LogP contribution in [0, 0.1) is 5.82 Å². The number of hydrogen-bond acceptors (Lipinski definition) is 2. The van der Waals surface area contributed by atoms with Crippen molar-refractivity contribution in [3.63, 3.8) is 0 Å². The van der Waals surface area contributed by atoms with Crippen molar-refractivity contribution in [1.82, 2.24) is 10.6 Å². The van der Waals surface area contributed by atoms with Crippen molar-refractivity contribution in [2.75, 3.05) is 7.05 Å². The van der Waals surface area contributed by atoms with Crippen molar-refractivity contribution in [2.45, 2.75) is 19.5 Å². The molecule has 0 bridgehead atoms. The maximum atomic E-state index is 13.3. The molecule has 0 heterocycles. The zero-order valence-corrected chi connectivity index (χ0v) is 17.3. The standard InChI is InChI=1S/C17H19BrFN3O.HI/c1-11(13-5-3-4-6-14(13)18)22-17(20-2)21-10-12-7-8-16(23)15(19)9-12;/h3-9,11,23H,10H2,1-2H3,(H2,20,21,22);1H. The average molecular weight is 508 g/mol. The zero-order valence-electron chi connectivity index (χ0n) is 13.4. The summed E-state index contributed by atoms with van der Waals surface area (Å²) in [5.41, 5.74) is 1.84. The molecule has 2 aromatic carbocycles. The van der Waals surface area contributed by atoms with Crippen LogP contribution in [0.15, 0.2) is 51.9 Å². The lowest BCUT2D eigenvalue weighted by Gasteiger charge is -2.19. The van der Waals surface area contributed by atoms with E-state index in [9.17, 15) is 9.50 Å². The first-order valence-corrected chi connectivity index (χ1v) is 7.99. The smallest absolute Gasteiger partial charge is 0.191 e. The van der Waals surface area contributed by atoms with Crippen LogP contribution < -0.4 is 10.6 Å². The molecule has 0 saturated carbocycles. The summed E-state index contributed by atoms with van der Waals surface area (Å²) in [5.74, 6) is -0.366. The van der Waals surface area contributed by atoms with Crippen molar-refractivity contribution < 1.29 is 9.50 Å². The van der Waals surface area contributed by atoms with Gasteiger partial charge in [0, 0.05) is 18.1 Å². The lowest BCUT2D eigenvalue weighted by atomic mass is 10.1. The molecule has 7 heteroatoms. The molecule has 1 atom stereocenters. The van der Waals surface area contributed by atoms with E-state index in [4.69, 9.17) is 0 Å². The number of aromatic hydroxyl groups is 1. The molecule has 0 aliphatic heterocycles. The first-order chi connectivity index (χ1) is 11.0. The molecule has 0 amide bonds. The molecular formula is C17H20BrFIN3O. The Morgan fingerprint density at radius 1 is 1.29 bits per heavy atom. The molecule has 0 spiro atoms. The fraction of sp³-hybridized carbons (Fsp3) is 0.235. The highest BCUT2D eigenvalue weighted by molar-refractivity contribution is 14.0. The van der Waals surface area contributed by atoms with Crippen LogP contribution >= 0.6 is 39.9 Å². The molecule has 0 radical (unpaired) electrons. The summed E-state index contributed by atoms with van der Waals surface area (Å²) in [4.78, 5) is 4.17. The average Bonchev–Trinajstić information content (AvgIpc) is 2.54. The summed E-state index contributed by atoms with van der Waals surface area (Å²) in [6.07, 6.45) is 0. The lowest BCUT2D eigenvalue weighted by molar-refractivity contribution is 0.431. The predicted molar refractivity (Wildman–Crippen MR) is 109 cm³/mol. The SMILES string of the molecule is CN=C(NCc1ccc(O)c(F)c1)NC(C)c1ccccc1Br.I. The summed E-state index contributed by atoms with van der Waals surface area (Å²) in [6, 6.07) is 12.3. The Labute approximate surface area is 166 Å². The van der Waals surface area contributed by atoms with Gasteiger partial charge in [0.15, 0.2) is 17.5 Å². The second kappa shape index (κ2) is 9.83. The van der Waals surface area contributed by atoms with Crippen LogP contribution in [0.4, 0.5) is 4.39 Å². The van der Waals surface area contributed by atoms with Crippen molar-refractivity contribution in [3.8, 4) is 5.75 Å². The molecule has 2 aromatic rings. The Morgan fingerprint density at radius 3 is 2.62 bits per heavy atom. The van der Waals surface area contributed by atoms with E-state index in [0.717, 1.165) is 15.6 Å². The van der Waals surface area contributed by atoms with Gasteiger partial charge in [-0.1, -0.05) is 40.2 Å². The van der Waals surface area contributed by atoms with E-state index >= 15 is 0 Å². The maximum absolute atomic E-state index is 13.3. The van der Waals surface area contributed by atoms with E-state index in [-0.39, 0.29) is 35.8 Å². The quantitative estimate of drug-likeness (QED) is 0.328. The van der Waals surface area contributed by atoms with Crippen LogP contribution in [0.25, 0.3) is 0 Å². The van der Waals surface area contributed by atoms with E-state index < -0.39 is 5.82 Å². The van der Waals surface area contributed by atoms with Gasteiger partial charge in [0.25, 0.3) is 0 Å². The second-order valence-electron chi connectivity index (χ2n) is 5.10. The number of rotatable bonds is 4. The monoisotopic (exact) mass is 507 g/mol. The number of hydrogen-bond donors (Lipinski definition) is 3. The van der Waals surface area contributed by atoms with Crippen molar-refractivity contribution >= 4 is 45.9 Å². The number of guanidine groups is 1. The van der Waals surface area contributed by atoms with Crippen LogP contribution in [-0.2, 0) is 6.54 Å². The minimum absolute atomic E-state index is 0. The molecule has 0 saturated heterocycles. The normalized spacial score (nSPS) is 12.2. The Bertz CT molecular complexity index is 712. The molecule has 0 fully saturated rings. The lowest BCUT2D eigenvalue weighted by Crippen LogP contribution is -2.38. The Hall–Kier alpha value is -1.35. The number of benzene rings is 2. The van der Waals surface area contributed by atoms with Gasteiger partial charge in [-0.05, 0) is 36.2 Å². The highest BCUT2D eigenvalue weighted by atomic mass is 127. The summed E-state index contributed by atoms with van der Waals surface area (Å²) in [6.45, 7) is 2.44. The van der Waals surface area contributed by atoms with Gasteiger partial charge in [-0.25, -0.2) is 4.39 Å². The van der Waals surface area contributed by atoms with E-state index in [1.54, 1.807) is 13.1 Å². The maximum Gasteiger partial charge on any atom is 0.191 e. The minimum Gasteiger partial charge on any atom is -0.505 e. The van der Waals surface area contributed by atoms with Gasteiger partial charge in [0.05, 0.1) is 6.04 Å². The zero-order chi connectivity index (χ0) is 16.8. The predicted octanol–water partition coefficient (Wildman–Crippen LogP) is 4.34. The fourth-order valence-corrected chi connectivity index (χ4v) is 2.78. The van der Waals surface area contributed by atoms with Gasteiger partial charge < -0.3 is 15.7 Å². The summed E-state index contributed by atoms with van der Waals surface area (Å²) in [5, 5.41) is 15.6. The number of nitrogens with zero attached hydrogens (tertiary/aromatic N) is 1. The summed E-state index contributed by atoms with van der Waals surface area (Å²) >= 11 is 3.53. The van der Waals surface area contributed by atoms with Crippen LogP contribution in [-0.4, -0.2) is 18.1 Å². The molecule has 24 heavy (non-hydrogen) atoms. The number of nitrogens with one attached hydrogen (secondary N) is 2. The van der Waals surface area contributed by atoms with Crippen molar-refractivity contribution in [1.29, 1.82) is 0 Å². The van der Waals surface area contributed by atoms with E-state index in [2.05, 4.69) is 31.6 Å². The third kappa shape index (κ3) is 5.62. The molecule has 0 aliphatic carbocycles. The number of aliphatic imine (C=N–C) groups is 1. The van der Waals surface area contributed by atoms with E-state index in [1.807, 2.05) is 31.2 Å². The van der Waals surface area contributed by atoms with Gasteiger partial charge in [-0.15, -0.1) is 24.0 Å². The van der Waals surface area contributed by atoms with Gasteiger partial charge in [0.2, 0.25) is 0 Å². The van der Waals surface area contributed by atoms with Crippen molar-refractivity contribution in [3.05, 3.63) is 63.9 Å². The van der Waals surface area contributed by atoms with E-state index in [1.165, 1.54) is 12.1 Å². The fourth-order valence-electron chi connectivity index (χ4n) is 2.15. The summed E-state index contributed by atoms with van der Waals surface area (Å²) < 4.78 is 14.4. The molecule has 0 aromatic heterocycles. The molecule has 4 nitrogen and oxygen atoms in total. The summed E-state index contributed by atoms with van der Waals surface area (Å²) in [7, 11) is 1.68. The number of phenols is 1. The Morgan fingerprint density at radius 2 is 2.00 bits per heavy atom. The van der Waals surface area contributed by atoms with Gasteiger partial charge in [-0.2, -0.15) is 0 Å². The number of halogens is 3. The molecule has 130 valence electrons. The Balaban J connectivity index is 0.00000288.